The lowest BCUT2D eigenvalue weighted by molar-refractivity contribution is -0.182. The van der Waals surface area contributed by atoms with Crippen LogP contribution in [0.25, 0.3) is 0 Å². The molecule has 4 aliphatic carbocycles. The maximum absolute atomic E-state index is 13.3. The molecule has 0 heterocycles. The Balaban J connectivity index is 1.40. The van der Waals surface area contributed by atoms with Crippen LogP contribution in [0.15, 0.2) is 42.0 Å². The summed E-state index contributed by atoms with van der Waals surface area (Å²) in [5.41, 5.74) is 0.109. The zero-order valence-electron chi connectivity index (χ0n) is 19.3. The Labute approximate surface area is 190 Å². The second kappa shape index (κ2) is 7.68. The molecule has 1 aromatic carbocycles. The SMILES string of the molecule is C[C@]12CCC(O)C=C1CCC1C2[C@@H](O)C[C@@]2(C)C1CC[C@]2(O)C(=O)NCc1ccccc1. The third-order valence-electron chi connectivity index (χ3n) is 9.85. The van der Waals surface area contributed by atoms with Crippen LogP contribution in [0, 0.1) is 28.6 Å². The Morgan fingerprint density at radius 2 is 1.84 bits per heavy atom. The van der Waals surface area contributed by atoms with E-state index in [1.165, 1.54) is 5.57 Å². The van der Waals surface area contributed by atoms with Gasteiger partial charge in [0.15, 0.2) is 0 Å². The molecule has 3 saturated carbocycles. The van der Waals surface area contributed by atoms with E-state index >= 15 is 0 Å². The van der Waals surface area contributed by atoms with Gasteiger partial charge in [0.25, 0.3) is 5.91 Å². The summed E-state index contributed by atoms with van der Waals surface area (Å²) in [5, 5.41) is 36.4. The number of carbonyl (C=O) groups is 1. The van der Waals surface area contributed by atoms with Gasteiger partial charge in [-0.2, -0.15) is 0 Å². The Kier molecular flexibility index (Phi) is 5.31. The summed E-state index contributed by atoms with van der Waals surface area (Å²) in [4.78, 5) is 13.3. The van der Waals surface area contributed by atoms with Gasteiger partial charge in [-0.3, -0.25) is 4.79 Å². The topological polar surface area (TPSA) is 89.8 Å². The van der Waals surface area contributed by atoms with Crippen LogP contribution in [0.1, 0.15) is 64.4 Å². The second-order valence-electron chi connectivity index (χ2n) is 11.3. The number of nitrogens with one attached hydrogen (secondary N) is 1. The summed E-state index contributed by atoms with van der Waals surface area (Å²) in [6.07, 6.45) is 6.34. The maximum Gasteiger partial charge on any atom is 0.252 e. The lowest BCUT2D eigenvalue weighted by Gasteiger charge is -2.60. The summed E-state index contributed by atoms with van der Waals surface area (Å²) >= 11 is 0. The number of allylic oxidation sites excluding steroid dienone is 1. The fraction of sp³-hybridized carbons (Fsp3) is 0.667. The van der Waals surface area contributed by atoms with E-state index in [4.69, 9.17) is 0 Å². The van der Waals surface area contributed by atoms with Gasteiger partial charge in [-0.05, 0) is 73.7 Å². The number of aliphatic hydroxyl groups is 3. The first-order valence-electron chi connectivity index (χ1n) is 12.3. The van der Waals surface area contributed by atoms with E-state index in [1.807, 2.05) is 43.3 Å². The molecule has 0 bridgehead atoms. The smallest absolute Gasteiger partial charge is 0.252 e. The highest BCUT2D eigenvalue weighted by atomic mass is 16.3. The van der Waals surface area contributed by atoms with Gasteiger partial charge in [-0.25, -0.2) is 0 Å². The van der Waals surface area contributed by atoms with Crippen LogP contribution in [-0.2, 0) is 11.3 Å². The Morgan fingerprint density at radius 3 is 2.59 bits per heavy atom. The molecule has 5 rings (SSSR count). The summed E-state index contributed by atoms with van der Waals surface area (Å²) in [6, 6.07) is 9.76. The molecule has 1 amide bonds. The average Bonchev–Trinajstić information content (AvgIpc) is 3.04. The second-order valence-corrected chi connectivity index (χ2v) is 11.3. The van der Waals surface area contributed by atoms with E-state index < -0.39 is 17.1 Å². The van der Waals surface area contributed by atoms with Gasteiger partial charge in [0.05, 0.1) is 12.2 Å². The van der Waals surface area contributed by atoms with Gasteiger partial charge >= 0.3 is 0 Å². The highest BCUT2D eigenvalue weighted by Gasteiger charge is 2.68. The van der Waals surface area contributed by atoms with Crippen molar-refractivity contribution in [3.8, 4) is 0 Å². The molecule has 0 aliphatic heterocycles. The molecular weight excluding hydrogens is 402 g/mol. The number of rotatable bonds is 3. The Hall–Kier alpha value is -1.69. The van der Waals surface area contributed by atoms with Crippen molar-refractivity contribution in [2.45, 2.75) is 83.1 Å². The fourth-order valence-corrected chi connectivity index (χ4v) is 8.14. The first-order chi connectivity index (χ1) is 15.2. The van der Waals surface area contributed by atoms with Gasteiger partial charge in [0.2, 0.25) is 0 Å². The minimum atomic E-state index is -1.46. The molecule has 4 unspecified atom stereocenters. The number of hydrogen-bond donors (Lipinski definition) is 4. The molecule has 32 heavy (non-hydrogen) atoms. The predicted molar refractivity (Wildman–Crippen MR) is 122 cm³/mol. The zero-order valence-corrected chi connectivity index (χ0v) is 19.3. The maximum atomic E-state index is 13.3. The summed E-state index contributed by atoms with van der Waals surface area (Å²) in [6.45, 7) is 4.69. The highest BCUT2D eigenvalue weighted by molar-refractivity contribution is 5.86. The number of hydrogen-bond acceptors (Lipinski definition) is 4. The van der Waals surface area contributed by atoms with Crippen LogP contribution in [0.3, 0.4) is 0 Å². The van der Waals surface area contributed by atoms with Gasteiger partial charge in [0, 0.05) is 12.0 Å². The molecule has 0 aromatic heterocycles. The van der Waals surface area contributed by atoms with E-state index in [9.17, 15) is 20.1 Å². The van der Waals surface area contributed by atoms with E-state index in [2.05, 4.69) is 12.2 Å². The molecule has 4 aliphatic rings. The van der Waals surface area contributed by atoms with Crippen molar-refractivity contribution in [3.05, 3.63) is 47.5 Å². The van der Waals surface area contributed by atoms with Gasteiger partial charge in [-0.15, -0.1) is 0 Å². The molecule has 0 spiro atoms. The van der Waals surface area contributed by atoms with Crippen LogP contribution < -0.4 is 5.32 Å². The van der Waals surface area contributed by atoms with Crippen molar-refractivity contribution >= 4 is 5.91 Å². The van der Waals surface area contributed by atoms with Crippen molar-refractivity contribution < 1.29 is 20.1 Å². The van der Waals surface area contributed by atoms with Crippen molar-refractivity contribution in [1.82, 2.24) is 5.32 Å². The van der Waals surface area contributed by atoms with Crippen molar-refractivity contribution in [1.29, 1.82) is 0 Å². The van der Waals surface area contributed by atoms with E-state index in [-0.39, 0.29) is 35.2 Å². The quantitative estimate of drug-likeness (QED) is 0.544. The summed E-state index contributed by atoms with van der Waals surface area (Å²) < 4.78 is 0. The third-order valence-corrected chi connectivity index (χ3v) is 9.85. The van der Waals surface area contributed by atoms with E-state index in [0.29, 0.717) is 19.4 Å². The lowest BCUT2D eigenvalue weighted by atomic mass is 9.45. The highest BCUT2D eigenvalue weighted by Crippen LogP contribution is 2.67. The minimum Gasteiger partial charge on any atom is -0.393 e. The first kappa shape index (κ1) is 22.1. The van der Waals surface area contributed by atoms with Crippen LogP contribution in [0.4, 0.5) is 0 Å². The molecular formula is C27H37NO4. The van der Waals surface area contributed by atoms with E-state index in [0.717, 1.165) is 37.7 Å². The number of benzene rings is 1. The van der Waals surface area contributed by atoms with Gasteiger partial charge in [0.1, 0.15) is 5.60 Å². The first-order valence-corrected chi connectivity index (χ1v) is 12.3. The van der Waals surface area contributed by atoms with Crippen molar-refractivity contribution in [3.63, 3.8) is 0 Å². The molecule has 8 atom stereocenters. The standard InChI is InChI=1S/C27H37NO4/c1-25-12-10-19(29)14-18(25)8-9-20-21-11-13-27(32,26(21,2)15-22(30)23(20)25)24(31)28-16-17-6-4-3-5-7-17/h3-7,14,19-23,29-30,32H,8-13,15-16H2,1-2H3,(H,28,31)/t19?,20?,21?,22-,23?,25-,26-,27-/m0/s1. The van der Waals surface area contributed by atoms with Crippen molar-refractivity contribution in [2.24, 2.45) is 28.6 Å². The van der Waals surface area contributed by atoms with E-state index in [1.54, 1.807) is 0 Å². The molecule has 5 heteroatoms. The van der Waals surface area contributed by atoms with Crippen LogP contribution in [0.2, 0.25) is 0 Å². The molecule has 0 radical (unpaired) electrons. The van der Waals surface area contributed by atoms with Crippen molar-refractivity contribution in [2.75, 3.05) is 0 Å². The van der Waals surface area contributed by atoms with Crippen LogP contribution in [-0.4, -0.2) is 39.0 Å². The number of aliphatic hydroxyl groups excluding tert-OH is 2. The molecule has 5 nitrogen and oxygen atoms in total. The normalized spacial score (nSPS) is 45.3. The average molecular weight is 440 g/mol. The Morgan fingerprint density at radius 1 is 1.09 bits per heavy atom. The number of carbonyl (C=O) groups excluding carboxylic acids is 1. The molecule has 3 fully saturated rings. The number of amides is 1. The third kappa shape index (κ3) is 3.12. The number of fused-ring (bicyclic) bond motifs is 5. The molecule has 0 saturated heterocycles. The predicted octanol–water partition coefficient (Wildman–Crippen LogP) is 3.33. The molecule has 4 N–H and O–H groups in total. The molecule has 174 valence electrons. The molecule has 1 aromatic rings. The summed E-state index contributed by atoms with van der Waals surface area (Å²) in [7, 11) is 0. The summed E-state index contributed by atoms with van der Waals surface area (Å²) in [5.74, 6) is 0.328. The zero-order chi connectivity index (χ0) is 22.7. The van der Waals surface area contributed by atoms with Gasteiger partial charge in [-0.1, -0.05) is 55.8 Å². The minimum absolute atomic E-state index is 0.0980. The van der Waals surface area contributed by atoms with Gasteiger partial charge < -0.3 is 20.6 Å². The van der Waals surface area contributed by atoms with Crippen LogP contribution in [0.5, 0.6) is 0 Å². The Bertz CT molecular complexity index is 915. The monoisotopic (exact) mass is 439 g/mol. The fourth-order valence-electron chi connectivity index (χ4n) is 8.14. The lowest BCUT2D eigenvalue weighted by Crippen LogP contribution is -2.63. The van der Waals surface area contributed by atoms with Crippen LogP contribution >= 0.6 is 0 Å². The largest absolute Gasteiger partial charge is 0.393 e.